The third kappa shape index (κ3) is 7.75. The van der Waals surface area contributed by atoms with E-state index in [0.717, 1.165) is 74.7 Å². The summed E-state index contributed by atoms with van der Waals surface area (Å²) in [6.45, 7) is 14.6. The van der Waals surface area contributed by atoms with E-state index in [1.165, 1.54) is 11.0 Å². The fourth-order valence-electron chi connectivity index (χ4n) is 5.38. The summed E-state index contributed by atoms with van der Waals surface area (Å²) in [5, 5.41) is 13.2. The molecule has 0 aliphatic carbocycles. The predicted octanol–water partition coefficient (Wildman–Crippen LogP) is 10.2. The molecule has 0 bridgehead atoms. The maximum absolute atomic E-state index is 11.7. The van der Waals surface area contributed by atoms with Crippen LogP contribution >= 0.6 is 11.3 Å². The van der Waals surface area contributed by atoms with E-state index in [9.17, 15) is 9.90 Å². The Morgan fingerprint density at radius 2 is 1.63 bits per heavy atom. The number of rotatable bonds is 9. The van der Waals surface area contributed by atoms with Crippen molar-refractivity contribution in [2.45, 2.75) is 80.1 Å². The molecule has 0 atom stereocenters. The van der Waals surface area contributed by atoms with Gasteiger partial charge in [0.25, 0.3) is 0 Å². The predicted molar refractivity (Wildman–Crippen MR) is 177 cm³/mol. The second-order valence-corrected chi connectivity index (χ2v) is 12.4. The van der Waals surface area contributed by atoms with E-state index in [4.69, 9.17) is 9.97 Å². The van der Waals surface area contributed by atoms with Crippen LogP contribution in [0.25, 0.3) is 43.3 Å². The van der Waals surface area contributed by atoms with Crippen molar-refractivity contribution in [3.05, 3.63) is 77.1 Å². The van der Waals surface area contributed by atoms with Crippen molar-refractivity contribution in [2.75, 3.05) is 0 Å². The average Bonchev–Trinajstić information content (AvgIpc) is 3.39. The molecule has 0 fully saturated rings. The molecule has 4 heterocycles. The first-order chi connectivity index (χ1) is 20.2. The van der Waals surface area contributed by atoms with E-state index in [2.05, 4.69) is 62.2 Å². The van der Waals surface area contributed by atoms with Crippen molar-refractivity contribution in [1.82, 2.24) is 15.0 Å². The van der Waals surface area contributed by atoms with Gasteiger partial charge < -0.3 is 5.11 Å². The zero-order valence-corrected chi connectivity index (χ0v) is 29.4. The van der Waals surface area contributed by atoms with Crippen molar-refractivity contribution in [1.29, 1.82) is 0 Å². The third-order valence-electron chi connectivity index (χ3n) is 7.89. The smallest absolute Gasteiger partial charge is 0.162 e. The minimum atomic E-state index is 0. The van der Waals surface area contributed by atoms with E-state index in [1.807, 2.05) is 46.0 Å². The minimum absolute atomic E-state index is 0. The number of carbonyl (C=O) groups is 1. The van der Waals surface area contributed by atoms with Gasteiger partial charge in [0, 0.05) is 76.3 Å². The first kappa shape index (κ1) is 34.5. The summed E-state index contributed by atoms with van der Waals surface area (Å²) in [4.78, 5) is 27.5. The number of carbonyl (C=O) groups excluding carboxylic acids is 1. The van der Waals surface area contributed by atoms with Crippen LogP contribution in [0.3, 0.4) is 0 Å². The molecule has 0 aliphatic heterocycles. The third-order valence-corrected chi connectivity index (χ3v) is 8.94. The summed E-state index contributed by atoms with van der Waals surface area (Å²) in [6, 6.07) is 18.0. The van der Waals surface area contributed by atoms with E-state index >= 15 is 0 Å². The molecule has 0 unspecified atom stereocenters. The van der Waals surface area contributed by atoms with E-state index < -0.39 is 0 Å². The summed E-state index contributed by atoms with van der Waals surface area (Å²) >= 11 is 1.75. The quantitative estimate of drug-likeness (QED) is 0.0918. The maximum Gasteiger partial charge on any atom is 0.162 e. The van der Waals surface area contributed by atoms with Gasteiger partial charge in [-0.1, -0.05) is 59.1 Å². The van der Waals surface area contributed by atoms with Gasteiger partial charge in [0.1, 0.15) is 0 Å². The van der Waals surface area contributed by atoms with Gasteiger partial charge in [0.15, 0.2) is 5.78 Å². The molecule has 0 saturated carbocycles. The van der Waals surface area contributed by atoms with Crippen molar-refractivity contribution in [3.63, 3.8) is 0 Å². The Hall–Kier alpha value is -2.99. The Labute approximate surface area is 273 Å². The normalized spacial score (nSPS) is 11.8. The van der Waals surface area contributed by atoms with E-state index in [0.29, 0.717) is 5.92 Å². The molecule has 1 aromatic carbocycles. The van der Waals surface area contributed by atoms with E-state index in [-0.39, 0.29) is 43.5 Å². The molecular weight excluding hydrogens is 731 g/mol. The number of benzene rings is 1. The van der Waals surface area contributed by atoms with Crippen LogP contribution in [0.4, 0.5) is 0 Å². The SMILES string of the molecule is CCC(CC)C(=O)/C=C(\O)C(CC)CC.Cc1cc2c(s1)c(-c1[c-]c3ccccc3c(C(C)C)n1)nc1cccnc12.[Ir]. The topological polar surface area (TPSA) is 76.0 Å². The summed E-state index contributed by atoms with van der Waals surface area (Å²) < 4.78 is 1.13. The average molecular weight is 773 g/mol. The summed E-state index contributed by atoms with van der Waals surface area (Å²) in [6.07, 6.45) is 6.73. The Morgan fingerprint density at radius 3 is 2.28 bits per heavy atom. The van der Waals surface area contributed by atoms with Gasteiger partial charge in [0.05, 0.1) is 16.8 Å². The van der Waals surface area contributed by atoms with Crippen molar-refractivity contribution < 1.29 is 30.0 Å². The Morgan fingerprint density at radius 1 is 0.953 bits per heavy atom. The van der Waals surface area contributed by atoms with Crippen molar-refractivity contribution in [3.8, 4) is 11.4 Å². The van der Waals surface area contributed by atoms with Crippen LogP contribution in [0, 0.1) is 24.8 Å². The van der Waals surface area contributed by atoms with Crippen LogP contribution < -0.4 is 0 Å². The van der Waals surface area contributed by atoms with E-state index in [1.54, 1.807) is 11.3 Å². The van der Waals surface area contributed by atoms with Gasteiger partial charge in [0.2, 0.25) is 0 Å². The first-order valence-electron chi connectivity index (χ1n) is 15.1. The molecular formula is C36H42IrN3O2S-. The second kappa shape index (κ2) is 15.6. The molecule has 43 heavy (non-hydrogen) atoms. The fourth-order valence-corrected chi connectivity index (χ4v) is 6.38. The molecule has 5 nitrogen and oxygen atoms in total. The molecule has 229 valence electrons. The van der Waals surface area contributed by atoms with Crippen molar-refractivity contribution in [2.24, 2.45) is 11.8 Å². The minimum Gasteiger partial charge on any atom is -0.512 e. The number of aliphatic hydroxyl groups is 1. The molecule has 5 aromatic rings. The summed E-state index contributed by atoms with van der Waals surface area (Å²) in [7, 11) is 0. The number of ketones is 1. The van der Waals surface area contributed by atoms with Gasteiger partial charge in [-0.15, -0.1) is 34.9 Å². The van der Waals surface area contributed by atoms with Gasteiger partial charge in [-0.3, -0.25) is 19.7 Å². The zero-order chi connectivity index (χ0) is 30.4. The second-order valence-electron chi connectivity index (χ2n) is 11.1. The van der Waals surface area contributed by atoms with Gasteiger partial charge in [-0.2, -0.15) is 0 Å². The van der Waals surface area contributed by atoms with Crippen LogP contribution in [-0.2, 0) is 24.9 Å². The molecule has 1 N–H and O–H groups in total. The number of hydrogen-bond acceptors (Lipinski definition) is 6. The number of aryl methyl sites for hydroxylation is 1. The zero-order valence-electron chi connectivity index (χ0n) is 26.2. The Kier molecular flexibility index (Phi) is 12.6. The largest absolute Gasteiger partial charge is 0.512 e. The molecule has 7 heteroatoms. The first-order valence-corrected chi connectivity index (χ1v) is 15.9. The monoisotopic (exact) mass is 773 g/mol. The number of fused-ring (bicyclic) bond motifs is 4. The molecule has 0 saturated heterocycles. The molecule has 4 aromatic heterocycles. The number of aliphatic hydroxyl groups excluding tert-OH is 1. The van der Waals surface area contributed by atoms with Crippen LogP contribution in [-0.4, -0.2) is 25.8 Å². The number of thiophene rings is 1. The Bertz CT molecular complexity index is 1720. The number of pyridine rings is 3. The fraction of sp³-hybridized carbons (Fsp3) is 0.389. The summed E-state index contributed by atoms with van der Waals surface area (Å²) in [5.41, 5.74) is 4.65. The molecule has 0 spiro atoms. The van der Waals surface area contributed by atoms with Gasteiger partial charge >= 0.3 is 0 Å². The van der Waals surface area contributed by atoms with Gasteiger partial charge in [-0.25, -0.2) is 0 Å². The van der Waals surface area contributed by atoms with Crippen molar-refractivity contribution >= 4 is 49.0 Å². The van der Waals surface area contributed by atoms with Crippen LogP contribution in [0.5, 0.6) is 0 Å². The maximum atomic E-state index is 11.7. The molecule has 5 rings (SSSR count). The van der Waals surface area contributed by atoms with Crippen LogP contribution in [0.2, 0.25) is 0 Å². The molecule has 1 radical (unpaired) electrons. The Balaban J connectivity index is 0.000000274. The van der Waals surface area contributed by atoms with Crippen LogP contribution in [0.1, 0.15) is 83.7 Å². The molecule has 0 amide bonds. The van der Waals surface area contributed by atoms with Crippen LogP contribution in [0.15, 0.2) is 60.5 Å². The standard InChI is InChI=1S/C23H18N3S.C13H24O2.Ir/c1-13(2)20-16-8-5-4-7-15(16)12-19(26-20)22-23-17(11-14(3)27-23)21-18(25-22)9-6-10-24-21;1-5-10(6-2)12(14)9-13(15)11(7-3)8-4;/h4-11,13H,1-3H3;9-11,14H,5-8H2,1-4H3;/q-1;;/b;12-9-;. The number of nitrogens with zero attached hydrogens (tertiary/aromatic N) is 3. The number of aromatic nitrogens is 3. The van der Waals surface area contributed by atoms with Gasteiger partial charge in [-0.05, 0) is 56.7 Å². The number of hydrogen-bond donors (Lipinski definition) is 1. The number of allylic oxidation sites excluding steroid dienone is 2. The summed E-state index contributed by atoms with van der Waals surface area (Å²) in [5.74, 6) is 0.872. The molecule has 0 aliphatic rings.